The molecule has 0 saturated heterocycles. The Morgan fingerprint density at radius 2 is 1.91 bits per heavy atom. The molecule has 0 fully saturated rings. The van der Waals surface area contributed by atoms with Gasteiger partial charge in [0.1, 0.15) is 0 Å². The summed E-state index contributed by atoms with van der Waals surface area (Å²) in [7, 11) is 1.45. The van der Waals surface area contributed by atoms with Gasteiger partial charge >= 0.3 is 6.18 Å². The maximum absolute atomic E-state index is 13.0. The van der Waals surface area contributed by atoms with Crippen LogP contribution in [0.2, 0.25) is 0 Å². The van der Waals surface area contributed by atoms with E-state index in [-0.39, 0.29) is 23.4 Å². The zero-order chi connectivity index (χ0) is 17.8. The molecule has 0 aliphatic rings. The van der Waals surface area contributed by atoms with Crippen LogP contribution < -0.4 is 4.90 Å². The quantitative estimate of drug-likeness (QED) is 0.783. The minimum atomic E-state index is -4.63. The number of alkyl halides is 3. The SMILES string of the molecule is CCCC(C)(C)CC(=O)N(C)c1ccc(C#N)c(C(F)(F)F)c1. The highest BCUT2D eigenvalue weighted by atomic mass is 19.4. The number of nitrogens with zero attached hydrogens (tertiary/aromatic N) is 2. The Bertz CT molecular complexity index is 615. The molecule has 0 aliphatic heterocycles. The smallest absolute Gasteiger partial charge is 0.315 e. The highest BCUT2D eigenvalue weighted by molar-refractivity contribution is 5.93. The molecule has 0 spiro atoms. The van der Waals surface area contributed by atoms with Gasteiger partial charge in [0.05, 0.1) is 17.2 Å². The van der Waals surface area contributed by atoms with E-state index in [2.05, 4.69) is 0 Å². The van der Waals surface area contributed by atoms with Crippen LogP contribution in [0.1, 0.15) is 51.2 Å². The summed E-state index contributed by atoms with van der Waals surface area (Å²) in [4.78, 5) is 13.5. The highest BCUT2D eigenvalue weighted by Crippen LogP contribution is 2.35. The third kappa shape index (κ3) is 4.98. The fraction of sp³-hybridized carbons (Fsp3) is 0.529. The second-order valence-electron chi connectivity index (χ2n) is 6.38. The second kappa shape index (κ2) is 7.03. The van der Waals surface area contributed by atoms with Gasteiger partial charge in [-0.25, -0.2) is 0 Å². The molecule has 0 atom stereocenters. The van der Waals surface area contributed by atoms with Crippen LogP contribution >= 0.6 is 0 Å². The van der Waals surface area contributed by atoms with Crippen molar-refractivity contribution in [1.82, 2.24) is 0 Å². The Balaban J connectivity index is 3.07. The molecule has 0 unspecified atom stereocenters. The van der Waals surface area contributed by atoms with Crippen molar-refractivity contribution in [3.63, 3.8) is 0 Å². The van der Waals surface area contributed by atoms with Crippen molar-refractivity contribution in [2.45, 2.75) is 46.2 Å². The molecule has 0 heterocycles. The zero-order valence-corrected chi connectivity index (χ0v) is 13.8. The van der Waals surface area contributed by atoms with E-state index in [0.29, 0.717) is 0 Å². The van der Waals surface area contributed by atoms with E-state index in [4.69, 9.17) is 5.26 Å². The molecule has 0 N–H and O–H groups in total. The Kier molecular flexibility index (Phi) is 5.81. The summed E-state index contributed by atoms with van der Waals surface area (Å²) in [5.74, 6) is -0.249. The van der Waals surface area contributed by atoms with Gasteiger partial charge < -0.3 is 4.90 Å². The number of halogens is 3. The molecule has 1 rings (SSSR count). The number of carbonyl (C=O) groups excluding carboxylic acids is 1. The average molecular weight is 326 g/mol. The van der Waals surface area contributed by atoms with E-state index in [1.165, 1.54) is 24.1 Å². The van der Waals surface area contributed by atoms with Gasteiger partial charge in [-0.15, -0.1) is 0 Å². The fourth-order valence-electron chi connectivity index (χ4n) is 2.51. The van der Waals surface area contributed by atoms with Crippen molar-refractivity contribution in [1.29, 1.82) is 5.26 Å². The molecular weight excluding hydrogens is 305 g/mol. The molecule has 6 heteroatoms. The molecule has 0 aromatic heterocycles. The monoisotopic (exact) mass is 326 g/mol. The van der Waals surface area contributed by atoms with E-state index < -0.39 is 17.3 Å². The van der Waals surface area contributed by atoms with Crippen LogP contribution in [0, 0.1) is 16.7 Å². The first-order valence-electron chi connectivity index (χ1n) is 7.39. The highest BCUT2D eigenvalue weighted by Gasteiger charge is 2.34. The molecule has 23 heavy (non-hydrogen) atoms. The summed E-state index contributed by atoms with van der Waals surface area (Å²) in [6.45, 7) is 5.94. The number of hydrogen-bond donors (Lipinski definition) is 0. The summed E-state index contributed by atoms with van der Waals surface area (Å²) in [5, 5.41) is 8.80. The summed E-state index contributed by atoms with van der Waals surface area (Å²) < 4.78 is 39.0. The largest absolute Gasteiger partial charge is 0.417 e. The lowest BCUT2D eigenvalue weighted by Crippen LogP contribution is -2.31. The molecule has 0 aliphatic carbocycles. The van der Waals surface area contributed by atoms with Crippen LogP contribution in [0.15, 0.2) is 18.2 Å². The molecule has 126 valence electrons. The number of carbonyl (C=O) groups is 1. The number of hydrogen-bond acceptors (Lipinski definition) is 2. The van der Waals surface area contributed by atoms with Crippen LogP contribution in [0.3, 0.4) is 0 Å². The Labute approximate surface area is 134 Å². The van der Waals surface area contributed by atoms with E-state index in [0.717, 1.165) is 25.0 Å². The molecule has 1 amide bonds. The Hall–Kier alpha value is -2.03. The molecule has 0 saturated carbocycles. The van der Waals surface area contributed by atoms with Crippen LogP contribution in [-0.2, 0) is 11.0 Å². The molecule has 3 nitrogen and oxygen atoms in total. The number of anilines is 1. The van der Waals surface area contributed by atoms with Gasteiger partial charge in [0.15, 0.2) is 0 Å². The first-order chi connectivity index (χ1) is 10.5. The normalized spacial score (nSPS) is 11.9. The van der Waals surface area contributed by atoms with Gasteiger partial charge in [0.2, 0.25) is 5.91 Å². The fourth-order valence-corrected chi connectivity index (χ4v) is 2.51. The Morgan fingerprint density at radius 1 is 1.30 bits per heavy atom. The minimum Gasteiger partial charge on any atom is -0.315 e. The van der Waals surface area contributed by atoms with Crippen molar-refractivity contribution in [3.8, 4) is 6.07 Å². The molecule has 1 aromatic carbocycles. The van der Waals surface area contributed by atoms with Crippen molar-refractivity contribution >= 4 is 11.6 Å². The summed E-state index contributed by atoms with van der Waals surface area (Å²) in [6, 6.07) is 4.84. The van der Waals surface area contributed by atoms with Gasteiger partial charge in [-0.1, -0.05) is 27.2 Å². The third-order valence-corrected chi connectivity index (χ3v) is 3.75. The summed E-state index contributed by atoms with van der Waals surface area (Å²) in [5.41, 5.74) is -1.55. The lowest BCUT2D eigenvalue weighted by atomic mass is 9.84. The van der Waals surface area contributed by atoms with Crippen LogP contribution in [0.4, 0.5) is 18.9 Å². The van der Waals surface area contributed by atoms with Gasteiger partial charge in [-0.2, -0.15) is 18.4 Å². The number of amides is 1. The van der Waals surface area contributed by atoms with E-state index in [1.807, 2.05) is 20.8 Å². The van der Waals surface area contributed by atoms with E-state index >= 15 is 0 Å². The molecule has 0 radical (unpaired) electrons. The van der Waals surface area contributed by atoms with Crippen LogP contribution in [-0.4, -0.2) is 13.0 Å². The second-order valence-corrected chi connectivity index (χ2v) is 6.38. The van der Waals surface area contributed by atoms with Crippen LogP contribution in [0.25, 0.3) is 0 Å². The number of benzene rings is 1. The molecule has 1 aromatic rings. The first kappa shape index (κ1) is 19.0. The molecular formula is C17H21F3N2O. The predicted octanol–water partition coefficient (Wildman–Crippen LogP) is 4.76. The standard InChI is InChI=1S/C17H21F3N2O/c1-5-8-16(2,3)10-15(23)22(4)13-7-6-12(11-21)14(9-13)17(18,19)20/h6-7,9H,5,8,10H2,1-4H3. The topological polar surface area (TPSA) is 44.1 Å². The maximum atomic E-state index is 13.0. The predicted molar refractivity (Wildman–Crippen MR) is 82.9 cm³/mol. The van der Waals surface area contributed by atoms with Crippen molar-refractivity contribution in [2.75, 3.05) is 11.9 Å². The average Bonchev–Trinajstić information content (AvgIpc) is 2.44. The van der Waals surface area contributed by atoms with Crippen LogP contribution in [0.5, 0.6) is 0 Å². The third-order valence-electron chi connectivity index (χ3n) is 3.75. The molecule has 0 bridgehead atoms. The maximum Gasteiger partial charge on any atom is 0.417 e. The van der Waals surface area contributed by atoms with Gasteiger partial charge in [-0.05, 0) is 30.0 Å². The first-order valence-corrected chi connectivity index (χ1v) is 7.39. The van der Waals surface area contributed by atoms with Crippen molar-refractivity contribution in [2.24, 2.45) is 5.41 Å². The number of nitriles is 1. The minimum absolute atomic E-state index is 0.133. The summed E-state index contributed by atoms with van der Waals surface area (Å²) in [6.07, 6.45) is -2.60. The van der Waals surface area contributed by atoms with E-state index in [1.54, 1.807) is 0 Å². The van der Waals surface area contributed by atoms with E-state index in [9.17, 15) is 18.0 Å². The van der Waals surface area contributed by atoms with Gasteiger partial charge in [0, 0.05) is 19.2 Å². The van der Waals surface area contributed by atoms with Crippen molar-refractivity contribution < 1.29 is 18.0 Å². The lowest BCUT2D eigenvalue weighted by Gasteiger charge is -2.27. The lowest BCUT2D eigenvalue weighted by molar-refractivity contribution is -0.137. The Morgan fingerprint density at radius 3 is 2.39 bits per heavy atom. The van der Waals surface area contributed by atoms with Gasteiger partial charge in [0.25, 0.3) is 0 Å². The van der Waals surface area contributed by atoms with Crippen molar-refractivity contribution in [3.05, 3.63) is 29.3 Å². The van der Waals surface area contributed by atoms with Gasteiger partial charge in [-0.3, -0.25) is 4.79 Å². The zero-order valence-electron chi connectivity index (χ0n) is 13.8. The number of rotatable bonds is 5. The summed E-state index contributed by atoms with van der Waals surface area (Å²) >= 11 is 0.